The monoisotopic (exact) mass is 397 g/mol. The highest BCUT2D eigenvalue weighted by Crippen LogP contribution is 2.34. The summed E-state index contributed by atoms with van der Waals surface area (Å²) in [7, 11) is 3.15. The first-order valence-corrected chi connectivity index (χ1v) is 9.04. The van der Waals surface area contributed by atoms with Crippen LogP contribution in [0.5, 0.6) is 11.5 Å². The van der Waals surface area contributed by atoms with Crippen molar-refractivity contribution in [1.82, 2.24) is 9.80 Å². The van der Waals surface area contributed by atoms with Crippen LogP contribution in [0.1, 0.15) is 31.8 Å². The Morgan fingerprint density at radius 3 is 2.41 bits per heavy atom. The van der Waals surface area contributed by atoms with Gasteiger partial charge in [-0.15, -0.1) is 0 Å². The molecule has 0 saturated carbocycles. The molecule has 2 aliphatic heterocycles. The molecular weight excluding hydrogens is 378 g/mol. The maximum atomic E-state index is 12.8. The number of carbonyl (C=O) groups excluding carboxylic acids is 2. The van der Waals surface area contributed by atoms with E-state index in [0.717, 1.165) is 22.4 Å². The van der Waals surface area contributed by atoms with Crippen molar-refractivity contribution in [3.63, 3.8) is 0 Å². The molecule has 0 unspecified atom stereocenters. The molecule has 0 N–H and O–H groups in total. The van der Waals surface area contributed by atoms with Crippen molar-refractivity contribution in [2.24, 2.45) is 0 Å². The molecule has 2 aromatic rings. The summed E-state index contributed by atoms with van der Waals surface area (Å²) in [5, 5.41) is 11.3. The molecule has 9 nitrogen and oxygen atoms in total. The second kappa shape index (κ2) is 7.17. The minimum atomic E-state index is -0.635. The van der Waals surface area contributed by atoms with Gasteiger partial charge < -0.3 is 9.47 Å². The second-order valence-corrected chi connectivity index (χ2v) is 6.92. The van der Waals surface area contributed by atoms with Gasteiger partial charge in [0.1, 0.15) is 5.56 Å². The zero-order valence-corrected chi connectivity index (χ0v) is 16.0. The molecule has 0 atom stereocenters. The Bertz CT molecular complexity index is 1040. The lowest BCUT2D eigenvalue weighted by Gasteiger charge is -2.31. The van der Waals surface area contributed by atoms with E-state index in [0.29, 0.717) is 24.6 Å². The zero-order valence-electron chi connectivity index (χ0n) is 16.0. The molecule has 2 aromatic carbocycles. The van der Waals surface area contributed by atoms with Gasteiger partial charge in [0.25, 0.3) is 17.5 Å². The number of hydrogen-bond acceptors (Lipinski definition) is 7. The molecule has 2 amide bonds. The summed E-state index contributed by atoms with van der Waals surface area (Å²) in [6, 6.07) is 7.95. The number of nitro groups is 1. The van der Waals surface area contributed by atoms with E-state index in [-0.39, 0.29) is 23.5 Å². The van der Waals surface area contributed by atoms with Crippen molar-refractivity contribution in [3.05, 3.63) is 62.7 Å². The summed E-state index contributed by atoms with van der Waals surface area (Å²) >= 11 is 0. The van der Waals surface area contributed by atoms with E-state index in [1.54, 1.807) is 14.2 Å². The van der Waals surface area contributed by atoms with Crippen LogP contribution in [0.25, 0.3) is 0 Å². The summed E-state index contributed by atoms with van der Waals surface area (Å²) in [5.74, 6) is 0.138. The van der Waals surface area contributed by atoms with Crippen LogP contribution in [-0.4, -0.2) is 54.0 Å². The highest BCUT2D eigenvalue weighted by Gasteiger charge is 2.41. The molecule has 29 heavy (non-hydrogen) atoms. The van der Waals surface area contributed by atoms with Crippen LogP contribution in [0.2, 0.25) is 0 Å². The number of nitro benzene ring substituents is 1. The van der Waals surface area contributed by atoms with Gasteiger partial charge in [-0.1, -0.05) is 6.07 Å². The maximum Gasteiger partial charge on any atom is 0.282 e. The molecule has 0 spiro atoms. The molecule has 0 aromatic heterocycles. The van der Waals surface area contributed by atoms with Gasteiger partial charge in [0.2, 0.25) is 0 Å². The van der Waals surface area contributed by atoms with E-state index in [2.05, 4.69) is 0 Å². The number of fused-ring (bicyclic) bond motifs is 2. The van der Waals surface area contributed by atoms with Gasteiger partial charge in [-0.25, -0.2) is 0 Å². The van der Waals surface area contributed by atoms with Crippen molar-refractivity contribution in [2.75, 3.05) is 27.4 Å². The van der Waals surface area contributed by atoms with E-state index in [4.69, 9.17) is 9.47 Å². The lowest BCUT2D eigenvalue weighted by atomic mass is 9.99. The first-order valence-electron chi connectivity index (χ1n) is 9.04. The van der Waals surface area contributed by atoms with E-state index in [1.165, 1.54) is 18.2 Å². The average molecular weight is 397 g/mol. The Morgan fingerprint density at radius 1 is 1.07 bits per heavy atom. The molecule has 0 aliphatic carbocycles. The van der Waals surface area contributed by atoms with Crippen LogP contribution in [0.3, 0.4) is 0 Å². The number of ether oxygens (including phenoxy) is 2. The average Bonchev–Trinajstić information content (AvgIpc) is 2.97. The normalized spacial score (nSPS) is 15.9. The molecule has 150 valence electrons. The summed E-state index contributed by atoms with van der Waals surface area (Å²) < 4.78 is 10.7. The largest absolute Gasteiger partial charge is 0.493 e. The van der Waals surface area contributed by atoms with Crippen LogP contribution in [-0.2, 0) is 13.0 Å². The van der Waals surface area contributed by atoms with Crippen molar-refractivity contribution in [1.29, 1.82) is 0 Å². The zero-order chi connectivity index (χ0) is 20.7. The third-order valence-corrected chi connectivity index (χ3v) is 5.31. The molecule has 4 rings (SSSR count). The van der Waals surface area contributed by atoms with E-state index >= 15 is 0 Å². The Balaban J connectivity index is 1.57. The number of rotatable bonds is 5. The Hall–Kier alpha value is -3.46. The molecule has 0 radical (unpaired) electrons. The number of methoxy groups -OCH3 is 2. The summed E-state index contributed by atoms with van der Waals surface area (Å²) in [5.41, 5.74) is 1.75. The first kappa shape index (κ1) is 18.9. The Labute approximate surface area is 166 Å². The summed E-state index contributed by atoms with van der Waals surface area (Å²) in [6.45, 7) is 1.22. The lowest BCUT2D eigenvalue weighted by Crippen LogP contribution is -2.43. The van der Waals surface area contributed by atoms with Crippen molar-refractivity contribution in [3.8, 4) is 11.5 Å². The predicted molar refractivity (Wildman–Crippen MR) is 102 cm³/mol. The fourth-order valence-corrected chi connectivity index (χ4v) is 3.86. The third-order valence-electron chi connectivity index (χ3n) is 5.31. The van der Waals surface area contributed by atoms with E-state index in [9.17, 15) is 19.7 Å². The summed E-state index contributed by atoms with van der Waals surface area (Å²) in [6.07, 6.45) is 0.721. The van der Waals surface area contributed by atoms with Crippen LogP contribution in [0.15, 0.2) is 30.3 Å². The number of carbonyl (C=O) groups is 2. The minimum absolute atomic E-state index is 0.0668. The maximum absolute atomic E-state index is 12.8. The number of hydrogen-bond donors (Lipinski definition) is 0. The lowest BCUT2D eigenvalue weighted by molar-refractivity contribution is -0.385. The third kappa shape index (κ3) is 3.09. The van der Waals surface area contributed by atoms with Crippen molar-refractivity contribution in [2.45, 2.75) is 13.0 Å². The van der Waals surface area contributed by atoms with Crippen molar-refractivity contribution >= 4 is 17.5 Å². The number of imide groups is 1. The van der Waals surface area contributed by atoms with Crippen LogP contribution >= 0.6 is 0 Å². The molecule has 9 heteroatoms. The quantitative estimate of drug-likeness (QED) is 0.433. The molecule has 2 heterocycles. The van der Waals surface area contributed by atoms with E-state index < -0.39 is 16.7 Å². The Morgan fingerprint density at radius 2 is 1.76 bits per heavy atom. The molecule has 0 saturated heterocycles. The van der Waals surface area contributed by atoms with Crippen molar-refractivity contribution < 1.29 is 24.0 Å². The fraction of sp³-hybridized carbons (Fsp3) is 0.300. The SMILES string of the molecule is COc1cc2c(cc1OC)CN(CN1C(=O)c3cccc([N+](=O)[O-])c3C1=O)CC2. The highest BCUT2D eigenvalue weighted by molar-refractivity contribution is 6.23. The van der Waals surface area contributed by atoms with Gasteiger partial charge in [-0.2, -0.15) is 0 Å². The summed E-state index contributed by atoms with van der Waals surface area (Å²) in [4.78, 5) is 39.1. The van der Waals surface area contributed by atoms with Crippen LogP contribution < -0.4 is 9.47 Å². The Kier molecular flexibility index (Phi) is 4.67. The minimum Gasteiger partial charge on any atom is -0.493 e. The first-order chi connectivity index (χ1) is 13.9. The van der Waals surface area contributed by atoms with Gasteiger partial charge in [-0.05, 0) is 35.7 Å². The van der Waals surface area contributed by atoms with Crippen LogP contribution in [0, 0.1) is 10.1 Å². The number of amides is 2. The van der Waals surface area contributed by atoms with Gasteiger partial charge >= 0.3 is 0 Å². The topological polar surface area (TPSA) is 102 Å². The second-order valence-electron chi connectivity index (χ2n) is 6.92. The van der Waals surface area contributed by atoms with E-state index in [1.807, 2.05) is 17.0 Å². The van der Waals surface area contributed by atoms with Gasteiger partial charge in [-0.3, -0.25) is 29.5 Å². The van der Waals surface area contributed by atoms with Gasteiger partial charge in [0, 0.05) is 19.2 Å². The predicted octanol–water partition coefficient (Wildman–Crippen LogP) is 2.22. The number of nitrogens with zero attached hydrogens (tertiary/aromatic N) is 3. The molecule has 0 fully saturated rings. The van der Waals surface area contributed by atoms with Gasteiger partial charge in [0.05, 0.1) is 31.4 Å². The van der Waals surface area contributed by atoms with Crippen LogP contribution in [0.4, 0.5) is 5.69 Å². The standard InChI is InChI=1S/C20H19N3O6/c1-28-16-8-12-6-7-21(10-13(12)9-17(16)29-2)11-22-19(24)14-4-3-5-15(23(26)27)18(14)20(22)25/h3-5,8-9H,6-7,10-11H2,1-2H3. The fourth-order valence-electron chi connectivity index (χ4n) is 3.86. The molecular formula is C20H19N3O6. The highest BCUT2D eigenvalue weighted by atomic mass is 16.6. The smallest absolute Gasteiger partial charge is 0.282 e. The molecule has 2 aliphatic rings. The molecule has 0 bridgehead atoms. The number of benzene rings is 2. The van der Waals surface area contributed by atoms with Gasteiger partial charge in [0.15, 0.2) is 11.5 Å².